The molecule has 0 fully saturated rings. The molecule has 0 radical (unpaired) electrons. The highest BCUT2D eigenvalue weighted by molar-refractivity contribution is 6.30. The van der Waals surface area contributed by atoms with Gasteiger partial charge in [-0.2, -0.15) is 0 Å². The Bertz CT molecular complexity index is 233. The summed E-state index contributed by atoms with van der Waals surface area (Å²) in [7, 11) is 0. The van der Waals surface area contributed by atoms with Crippen molar-refractivity contribution in [3.63, 3.8) is 0 Å². The number of benzene rings is 1. The van der Waals surface area contributed by atoms with Gasteiger partial charge in [0.05, 0.1) is 0 Å². The average Bonchev–Trinajstić information content (AvgIpc) is 2.09. The van der Waals surface area contributed by atoms with E-state index < -0.39 is 6.29 Å². The van der Waals surface area contributed by atoms with Gasteiger partial charge in [-0.25, -0.2) is 0 Å². The van der Waals surface area contributed by atoms with Crippen molar-refractivity contribution in [2.45, 2.75) is 19.6 Å². The predicted octanol–water partition coefficient (Wildman–Crippen LogP) is 2.45. The molecule has 1 aromatic carbocycles. The SMILES string of the molecule is CCC(O)Oc1ccc(Cl)cc1. The summed E-state index contributed by atoms with van der Waals surface area (Å²) >= 11 is 5.66. The number of ether oxygens (including phenoxy) is 1. The summed E-state index contributed by atoms with van der Waals surface area (Å²) in [4.78, 5) is 0. The normalized spacial score (nSPS) is 12.6. The Morgan fingerprint density at radius 3 is 2.50 bits per heavy atom. The van der Waals surface area contributed by atoms with Crippen molar-refractivity contribution in [3.05, 3.63) is 29.3 Å². The molecule has 12 heavy (non-hydrogen) atoms. The second-order valence-corrected chi connectivity index (χ2v) is 2.87. The fourth-order valence-electron chi connectivity index (χ4n) is 0.754. The van der Waals surface area contributed by atoms with E-state index in [9.17, 15) is 0 Å². The van der Waals surface area contributed by atoms with Crippen molar-refractivity contribution in [1.82, 2.24) is 0 Å². The van der Waals surface area contributed by atoms with Crippen LogP contribution in [0.1, 0.15) is 13.3 Å². The first-order valence-corrected chi connectivity index (χ1v) is 4.20. The first-order valence-electron chi connectivity index (χ1n) is 3.82. The van der Waals surface area contributed by atoms with Crippen LogP contribution in [0.4, 0.5) is 0 Å². The molecular formula is C9H11ClO2. The maximum atomic E-state index is 9.13. The quantitative estimate of drug-likeness (QED) is 0.735. The number of hydrogen-bond donors (Lipinski definition) is 1. The lowest BCUT2D eigenvalue weighted by molar-refractivity contribution is -0.0191. The van der Waals surface area contributed by atoms with E-state index in [4.69, 9.17) is 21.4 Å². The van der Waals surface area contributed by atoms with Gasteiger partial charge in [0.1, 0.15) is 5.75 Å². The second kappa shape index (κ2) is 4.33. The summed E-state index contributed by atoms with van der Waals surface area (Å²) in [5.41, 5.74) is 0. The van der Waals surface area contributed by atoms with E-state index in [-0.39, 0.29) is 0 Å². The zero-order chi connectivity index (χ0) is 8.97. The fraction of sp³-hybridized carbons (Fsp3) is 0.333. The minimum absolute atomic E-state index is 0.572. The number of halogens is 1. The highest BCUT2D eigenvalue weighted by Crippen LogP contribution is 2.16. The maximum absolute atomic E-state index is 9.13. The molecule has 2 nitrogen and oxygen atoms in total. The van der Waals surface area contributed by atoms with Crippen molar-refractivity contribution in [3.8, 4) is 5.75 Å². The molecule has 0 bridgehead atoms. The van der Waals surface area contributed by atoms with Crippen LogP contribution in [0.5, 0.6) is 5.75 Å². The van der Waals surface area contributed by atoms with Gasteiger partial charge in [-0.15, -0.1) is 0 Å². The van der Waals surface area contributed by atoms with Gasteiger partial charge in [0.25, 0.3) is 0 Å². The van der Waals surface area contributed by atoms with Gasteiger partial charge in [0, 0.05) is 11.4 Å². The third kappa shape index (κ3) is 2.72. The van der Waals surface area contributed by atoms with Crippen molar-refractivity contribution < 1.29 is 9.84 Å². The molecule has 66 valence electrons. The van der Waals surface area contributed by atoms with Gasteiger partial charge in [0.2, 0.25) is 0 Å². The van der Waals surface area contributed by atoms with Crippen LogP contribution < -0.4 is 4.74 Å². The fourth-order valence-corrected chi connectivity index (χ4v) is 0.880. The molecule has 0 amide bonds. The molecule has 0 aliphatic rings. The third-order valence-electron chi connectivity index (χ3n) is 1.43. The highest BCUT2D eigenvalue weighted by atomic mass is 35.5. The summed E-state index contributed by atoms with van der Waals surface area (Å²) in [6.07, 6.45) is -0.158. The van der Waals surface area contributed by atoms with Crippen molar-refractivity contribution in [2.75, 3.05) is 0 Å². The summed E-state index contributed by atoms with van der Waals surface area (Å²) in [6, 6.07) is 6.89. The molecule has 1 rings (SSSR count). The summed E-state index contributed by atoms with van der Waals surface area (Å²) < 4.78 is 5.12. The first-order chi connectivity index (χ1) is 5.72. The third-order valence-corrected chi connectivity index (χ3v) is 1.69. The topological polar surface area (TPSA) is 29.5 Å². The van der Waals surface area contributed by atoms with Gasteiger partial charge in [-0.3, -0.25) is 0 Å². The minimum atomic E-state index is -0.730. The Balaban J connectivity index is 2.58. The van der Waals surface area contributed by atoms with Crippen LogP contribution in [-0.2, 0) is 0 Å². The van der Waals surface area contributed by atoms with Crippen molar-refractivity contribution >= 4 is 11.6 Å². The van der Waals surface area contributed by atoms with Gasteiger partial charge in [-0.1, -0.05) is 18.5 Å². The van der Waals surface area contributed by atoms with E-state index in [1.807, 2.05) is 6.92 Å². The van der Waals surface area contributed by atoms with E-state index in [1.54, 1.807) is 24.3 Å². The summed E-state index contributed by atoms with van der Waals surface area (Å²) in [5, 5.41) is 9.79. The van der Waals surface area contributed by atoms with Gasteiger partial charge >= 0.3 is 0 Å². The first kappa shape index (κ1) is 9.36. The zero-order valence-electron chi connectivity index (χ0n) is 6.83. The largest absolute Gasteiger partial charge is 0.465 e. The molecule has 1 unspecified atom stereocenters. The molecule has 0 saturated heterocycles. The van der Waals surface area contributed by atoms with Crippen LogP contribution in [0.3, 0.4) is 0 Å². The Labute approximate surface area is 76.7 Å². The Kier molecular flexibility index (Phi) is 3.38. The van der Waals surface area contributed by atoms with Crippen LogP contribution >= 0.6 is 11.6 Å². The van der Waals surface area contributed by atoms with Crippen LogP contribution in [-0.4, -0.2) is 11.4 Å². The van der Waals surface area contributed by atoms with Gasteiger partial charge in [0.15, 0.2) is 6.29 Å². The predicted molar refractivity (Wildman–Crippen MR) is 48.4 cm³/mol. The van der Waals surface area contributed by atoms with Crippen molar-refractivity contribution in [1.29, 1.82) is 0 Å². The number of hydrogen-bond acceptors (Lipinski definition) is 2. The molecule has 0 heterocycles. The van der Waals surface area contributed by atoms with Gasteiger partial charge in [-0.05, 0) is 24.3 Å². The van der Waals surface area contributed by atoms with Gasteiger partial charge < -0.3 is 9.84 Å². The Morgan fingerprint density at radius 1 is 1.42 bits per heavy atom. The molecule has 0 saturated carbocycles. The molecular weight excluding hydrogens is 176 g/mol. The maximum Gasteiger partial charge on any atom is 0.197 e. The molecule has 1 atom stereocenters. The van der Waals surface area contributed by atoms with E-state index in [1.165, 1.54) is 0 Å². The monoisotopic (exact) mass is 186 g/mol. The average molecular weight is 187 g/mol. The highest BCUT2D eigenvalue weighted by Gasteiger charge is 2.00. The molecule has 0 spiro atoms. The van der Waals surface area contributed by atoms with Crippen molar-refractivity contribution in [2.24, 2.45) is 0 Å². The Morgan fingerprint density at radius 2 is 2.00 bits per heavy atom. The molecule has 1 N–H and O–H groups in total. The van der Waals surface area contributed by atoms with Crippen LogP contribution in [0.25, 0.3) is 0 Å². The molecule has 0 aliphatic carbocycles. The minimum Gasteiger partial charge on any atom is -0.465 e. The van der Waals surface area contributed by atoms with E-state index in [0.717, 1.165) is 0 Å². The lowest BCUT2D eigenvalue weighted by Crippen LogP contribution is -2.13. The van der Waals surface area contributed by atoms with E-state index >= 15 is 0 Å². The smallest absolute Gasteiger partial charge is 0.197 e. The summed E-state index contributed by atoms with van der Waals surface area (Å²) in [6.45, 7) is 1.85. The Hall–Kier alpha value is -0.730. The van der Waals surface area contributed by atoms with Crippen LogP contribution in [0.15, 0.2) is 24.3 Å². The zero-order valence-corrected chi connectivity index (χ0v) is 7.58. The number of rotatable bonds is 3. The molecule has 0 aromatic heterocycles. The number of aliphatic hydroxyl groups is 1. The second-order valence-electron chi connectivity index (χ2n) is 2.43. The molecule has 1 aromatic rings. The summed E-state index contributed by atoms with van der Waals surface area (Å²) in [5.74, 6) is 0.633. The van der Waals surface area contributed by atoms with E-state index in [0.29, 0.717) is 17.2 Å². The standard InChI is InChI=1S/C9H11ClO2/c1-2-9(11)12-8-5-3-7(10)4-6-8/h3-6,9,11H,2H2,1H3. The lowest BCUT2D eigenvalue weighted by Gasteiger charge is -2.10. The molecule has 3 heteroatoms. The van der Waals surface area contributed by atoms with Crippen LogP contribution in [0, 0.1) is 0 Å². The number of aliphatic hydroxyl groups excluding tert-OH is 1. The molecule has 0 aliphatic heterocycles. The van der Waals surface area contributed by atoms with Crippen LogP contribution in [0.2, 0.25) is 5.02 Å². The lowest BCUT2D eigenvalue weighted by atomic mass is 10.3. The van der Waals surface area contributed by atoms with E-state index in [2.05, 4.69) is 0 Å².